The molecule has 0 atom stereocenters. The Kier molecular flexibility index (Phi) is 3.94. The van der Waals surface area contributed by atoms with Gasteiger partial charge in [0.2, 0.25) is 0 Å². The first-order chi connectivity index (χ1) is 10.2. The molecule has 1 aromatic carbocycles. The monoisotopic (exact) mass is 319 g/mol. The molecule has 0 aliphatic carbocycles. The number of carbonyl (C=O) groups excluding carboxylic acids is 1. The van der Waals surface area contributed by atoms with Crippen LogP contribution in [-0.2, 0) is 6.54 Å². The van der Waals surface area contributed by atoms with E-state index in [1.54, 1.807) is 11.6 Å². The number of aromatic nitrogens is 4. The fraction of sp³-hybridized carbons (Fsp3) is 0.0769. The van der Waals surface area contributed by atoms with Crippen LogP contribution in [0.3, 0.4) is 0 Å². The lowest BCUT2D eigenvalue weighted by Gasteiger charge is -2.02. The van der Waals surface area contributed by atoms with Gasteiger partial charge in [0.1, 0.15) is 0 Å². The molecular formula is C13H10ClN5OS. The van der Waals surface area contributed by atoms with Crippen molar-refractivity contribution in [2.75, 3.05) is 5.32 Å². The Bertz CT molecular complexity index is 741. The molecule has 106 valence electrons. The van der Waals surface area contributed by atoms with Gasteiger partial charge in [0.15, 0.2) is 16.0 Å². The van der Waals surface area contributed by atoms with E-state index in [-0.39, 0.29) is 10.8 Å². The van der Waals surface area contributed by atoms with Crippen LogP contribution in [0.25, 0.3) is 0 Å². The van der Waals surface area contributed by atoms with Crippen molar-refractivity contribution in [1.29, 1.82) is 0 Å². The Labute approximate surface area is 129 Å². The van der Waals surface area contributed by atoms with Gasteiger partial charge in [-0.2, -0.15) is 0 Å². The number of nitrogens with one attached hydrogen (secondary N) is 1. The van der Waals surface area contributed by atoms with E-state index in [0.29, 0.717) is 11.7 Å². The third kappa shape index (κ3) is 3.09. The second-order valence-corrected chi connectivity index (χ2v) is 5.42. The van der Waals surface area contributed by atoms with Gasteiger partial charge < -0.3 is 0 Å². The van der Waals surface area contributed by atoms with E-state index in [0.717, 1.165) is 5.56 Å². The molecule has 0 radical (unpaired) electrons. The summed E-state index contributed by atoms with van der Waals surface area (Å²) in [6.07, 6.45) is 1.61. The smallest absolute Gasteiger partial charge is 0.281 e. The second-order valence-electron chi connectivity index (χ2n) is 4.16. The minimum atomic E-state index is -0.422. The fourth-order valence-electron chi connectivity index (χ4n) is 1.74. The van der Waals surface area contributed by atoms with Crippen molar-refractivity contribution in [2.45, 2.75) is 6.54 Å². The van der Waals surface area contributed by atoms with Gasteiger partial charge in [0, 0.05) is 11.6 Å². The van der Waals surface area contributed by atoms with Gasteiger partial charge in [-0.1, -0.05) is 47.1 Å². The van der Waals surface area contributed by atoms with Gasteiger partial charge in [-0.05, 0) is 5.56 Å². The minimum Gasteiger partial charge on any atom is -0.296 e. The summed E-state index contributed by atoms with van der Waals surface area (Å²) in [7, 11) is 0. The molecule has 1 amide bonds. The molecule has 2 heterocycles. The Balaban J connectivity index is 1.77. The molecule has 0 unspecified atom stereocenters. The normalized spacial score (nSPS) is 10.5. The highest BCUT2D eigenvalue weighted by Crippen LogP contribution is 2.17. The van der Waals surface area contributed by atoms with Crippen molar-refractivity contribution in [1.82, 2.24) is 20.0 Å². The lowest BCUT2D eigenvalue weighted by Crippen LogP contribution is -2.13. The summed E-state index contributed by atoms with van der Waals surface area (Å²) in [6.45, 7) is 0.456. The van der Waals surface area contributed by atoms with E-state index >= 15 is 0 Å². The third-order valence-corrected chi connectivity index (χ3v) is 3.78. The van der Waals surface area contributed by atoms with E-state index in [1.165, 1.54) is 16.0 Å². The minimum absolute atomic E-state index is 0.0859. The van der Waals surface area contributed by atoms with Gasteiger partial charge in [0.25, 0.3) is 5.91 Å². The lowest BCUT2D eigenvalue weighted by atomic mass is 10.2. The van der Waals surface area contributed by atoms with Crippen molar-refractivity contribution in [3.63, 3.8) is 0 Å². The maximum absolute atomic E-state index is 12.1. The zero-order chi connectivity index (χ0) is 14.7. The summed E-state index contributed by atoms with van der Waals surface area (Å²) in [5, 5.41) is 12.8. The van der Waals surface area contributed by atoms with Crippen LogP contribution in [0.1, 0.15) is 16.1 Å². The van der Waals surface area contributed by atoms with Crippen LogP contribution in [-0.4, -0.2) is 25.9 Å². The van der Waals surface area contributed by atoms with Crippen LogP contribution in [0.15, 0.2) is 41.9 Å². The van der Waals surface area contributed by atoms with E-state index in [4.69, 9.17) is 11.6 Å². The number of halogens is 1. The van der Waals surface area contributed by atoms with Crippen LogP contribution in [0.5, 0.6) is 0 Å². The molecule has 6 nitrogen and oxygen atoms in total. The summed E-state index contributed by atoms with van der Waals surface area (Å²) in [4.78, 5) is 16.0. The predicted molar refractivity (Wildman–Crippen MR) is 80.6 cm³/mol. The average Bonchev–Trinajstić information content (AvgIpc) is 3.11. The second kappa shape index (κ2) is 6.02. The molecule has 3 rings (SSSR count). The van der Waals surface area contributed by atoms with Gasteiger partial charge in [0.05, 0.1) is 6.54 Å². The number of amides is 1. The summed E-state index contributed by atoms with van der Waals surface area (Å²) in [5.41, 5.74) is 1.11. The number of hydrogen-bond acceptors (Lipinski definition) is 5. The first kappa shape index (κ1) is 13.7. The molecule has 8 heteroatoms. The molecule has 1 N–H and O–H groups in total. The molecule has 3 aromatic rings. The van der Waals surface area contributed by atoms with Crippen LogP contribution in [0.2, 0.25) is 5.15 Å². The van der Waals surface area contributed by atoms with Crippen LogP contribution in [0, 0.1) is 0 Å². The van der Waals surface area contributed by atoms with Gasteiger partial charge in [-0.25, -0.2) is 9.67 Å². The quantitative estimate of drug-likeness (QED) is 0.802. The Morgan fingerprint density at radius 3 is 2.86 bits per heavy atom. The summed E-state index contributed by atoms with van der Waals surface area (Å²) >= 11 is 7.49. The largest absolute Gasteiger partial charge is 0.296 e. The number of benzene rings is 1. The average molecular weight is 320 g/mol. The topological polar surface area (TPSA) is 72.7 Å². The first-order valence-electron chi connectivity index (χ1n) is 6.08. The van der Waals surface area contributed by atoms with Gasteiger partial charge in [-0.15, -0.1) is 16.4 Å². The number of rotatable bonds is 4. The molecule has 21 heavy (non-hydrogen) atoms. The van der Waals surface area contributed by atoms with Gasteiger partial charge in [-0.3, -0.25) is 10.1 Å². The van der Waals surface area contributed by atoms with Crippen molar-refractivity contribution in [2.24, 2.45) is 0 Å². The zero-order valence-electron chi connectivity index (χ0n) is 10.7. The highest BCUT2D eigenvalue weighted by molar-refractivity contribution is 7.13. The fourth-order valence-corrected chi connectivity index (χ4v) is 2.48. The summed E-state index contributed by atoms with van der Waals surface area (Å²) < 4.78 is 1.48. The van der Waals surface area contributed by atoms with Crippen molar-refractivity contribution in [3.05, 3.63) is 58.3 Å². The summed E-state index contributed by atoms with van der Waals surface area (Å²) in [6, 6.07) is 9.69. The number of thiazole rings is 1. The molecule has 0 aliphatic heterocycles. The molecule has 0 spiro atoms. The lowest BCUT2D eigenvalue weighted by molar-refractivity contribution is 0.102. The predicted octanol–water partition coefficient (Wildman–Crippen LogP) is 2.69. The molecule has 0 saturated carbocycles. The summed E-state index contributed by atoms with van der Waals surface area (Å²) in [5.74, 6) is -0.422. The number of hydrogen-bond donors (Lipinski definition) is 1. The van der Waals surface area contributed by atoms with E-state index in [1.807, 2.05) is 30.3 Å². The number of anilines is 1. The highest BCUT2D eigenvalue weighted by atomic mass is 35.5. The SMILES string of the molecule is O=C(Nc1nccs1)c1nnn(Cc2ccccc2)c1Cl. The Morgan fingerprint density at radius 1 is 1.33 bits per heavy atom. The molecule has 0 bridgehead atoms. The number of carbonyl (C=O) groups is 1. The van der Waals surface area contributed by atoms with Crippen LogP contribution < -0.4 is 5.32 Å². The van der Waals surface area contributed by atoms with Crippen molar-refractivity contribution in [3.8, 4) is 0 Å². The van der Waals surface area contributed by atoms with Crippen LogP contribution in [0.4, 0.5) is 5.13 Å². The number of nitrogens with zero attached hydrogens (tertiary/aromatic N) is 4. The molecule has 0 saturated heterocycles. The van der Waals surface area contributed by atoms with E-state index < -0.39 is 5.91 Å². The standard InChI is InChI=1S/C13H10ClN5OS/c14-11-10(12(20)16-13-15-6-7-21-13)17-18-19(11)8-9-4-2-1-3-5-9/h1-7H,8H2,(H,15,16,20). The van der Waals surface area contributed by atoms with Crippen molar-refractivity contribution >= 4 is 34.0 Å². The van der Waals surface area contributed by atoms with E-state index in [9.17, 15) is 4.79 Å². The highest BCUT2D eigenvalue weighted by Gasteiger charge is 2.19. The van der Waals surface area contributed by atoms with Gasteiger partial charge >= 0.3 is 0 Å². The Hall–Kier alpha value is -2.25. The molecule has 0 fully saturated rings. The molecule has 2 aromatic heterocycles. The van der Waals surface area contributed by atoms with E-state index in [2.05, 4.69) is 20.6 Å². The van der Waals surface area contributed by atoms with Crippen LogP contribution >= 0.6 is 22.9 Å². The maximum atomic E-state index is 12.1. The van der Waals surface area contributed by atoms with Crippen molar-refractivity contribution < 1.29 is 4.79 Å². The maximum Gasteiger partial charge on any atom is 0.281 e. The Morgan fingerprint density at radius 2 is 2.14 bits per heavy atom. The molecular weight excluding hydrogens is 310 g/mol. The molecule has 0 aliphatic rings. The third-order valence-electron chi connectivity index (χ3n) is 2.72. The first-order valence-corrected chi connectivity index (χ1v) is 7.33. The zero-order valence-corrected chi connectivity index (χ0v) is 12.3.